The highest BCUT2D eigenvalue weighted by atomic mass is 35.5. The molecule has 5 nitrogen and oxygen atoms in total. The van der Waals surface area contributed by atoms with E-state index in [0.29, 0.717) is 27.5 Å². The van der Waals surface area contributed by atoms with Gasteiger partial charge in [-0.2, -0.15) is 10.1 Å². The maximum absolute atomic E-state index is 6.15. The van der Waals surface area contributed by atoms with Crippen molar-refractivity contribution in [3.8, 4) is 0 Å². The van der Waals surface area contributed by atoms with Crippen molar-refractivity contribution in [3.05, 3.63) is 70.3 Å². The van der Waals surface area contributed by atoms with Gasteiger partial charge in [0.15, 0.2) is 5.82 Å². The standard InChI is InChI=1S/C17H15Cl2N5/c18-13-7-4-8-14(16(13)19)22-17-23-15(11-21-24-17)20-10-9-12-5-2-1-3-6-12/h1-8,11H,9-10H2,(H2,20,22,23,24). The third kappa shape index (κ3) is 4.34. The van der Waals surface area contributed by atoms with Crippen LogP contribution in [0.4, 0.5) is 17.5 Å². The first kappa shape index (κ1) is 16.5. The van der Waals surface area contributed by atoms with Gasteiger partial charge in [0.1, 0.15) is 0 Å². The summed E-state index contributed by atoms with van der Waals surface area (Å²) in [5.74, 6) is 0.991. The van der Waals surface area contributed by atoms with Crippen LogP contribution in [-0.2, 0) is 6.42 Å². The molecular weight excluding hydrogens is 345 g/mol. The average Bonchev–Trinajstić information content (AvgIpc) is 2.60. The third-order valence-corrected chi connectivity index (χ3v) is 4.14. The van der Waals surface area contributed by atoms with E-state index in [9.17, 15) is 0 Å². The lowest BCUT2D eigenvalue weighted by Gasteiger charge is -2.09. The molecule has 1 aromatic heterocycles. The molecule has 0 aliphatic heterocycles. The molecule has 0 amide bonds. The predicted octanol–water partition coefficient (Wildman–Crippen LogP) is 4.58. The Morgan fingerprint density at radius 3 is 2.62 bits per heavy atom. The molecule has 24 heavy (non-hydrogen) atoms. The first-order chi connectivity index (χ1) is 11.7. The highest BCUT2D eigenvalue weighted by Gasteiger charge is 2.07. The Kier molecular flexibility index (Phi) is 5.46. The predicted molar refractivity (Wildman–Crippen MR) is 98.2 cm³/mol. The van der Waals surface area contributed by atoms with Gasteiger partial charge in [-0.15, -0.1) is 5.10 Å². The Bertz CT molecular complexity index is 811. The number of hydrogen-bond acceptors (Lipinski definition) is 5. The smallest absolute Gasteiger partial charge is 0.249 e. The van der Waals surface area contributed by atoms with Gasteiger partial charge in [-0.3, -0.25) is 0 Å². The van der Waals surface area contributed by atoms with Gasteiger partial charge < -0.3 is 10.6 Å². The van der Waals surface area contributed by atoms with Crippen LogP contribution in [0.2, 0.25) is 10.0 Å². The van der Waals surface area contributed by atoms with Crippen molar-refractivity contribution in [2.45, 2.75) is 6.42 Å². The fourth-order valence-electron chi connectivity index (χ4n) is 2.14. The van der Waals surface area contributed by atoms with Gasteiger partial charge in [-0.1, -0.05) is 59.6 Å². The normalized spacial score (nSPS) is 10.4. The first-order valence-electron chi connectivity index (χ1n) is 7.41. The second-order valence-corrected chi connectivity index (χ2v) is 5.84. The zero-order valence-corrected chi connectivity index (χ0v) is 14.2. The highest BCUT2D eigenvalue weighted by molar-refractivity contribution is 6.43. The molecule has 0 radical (unpaired) electrons. The summed E-state index contributed by atoms with van der Waals surface area (Å²) in [4.78, 5) is 4.37. The molecular formula is C17H15Cl2N5. The van der Waals surface area contributed by atoms with E-state index in [0.717, 1.165) is 13.0 Å². The van der Waals surface area contributed by atoms with Crippen LogP contribution in [-0.4, -0.2) is 21.7 Å². The van der Waals surface area contributed by atoms with Crippen LogP contribution in [0.25, 0.3) is 0 Å². The van der Waals surface area contributed by atoms with E-state index in [-0.39, 0.29) is 0 Å². The van der Waals surface area contributed by atoms with Crippen molar-refractivity contribution >= 4 is 40.7 Å². The maximum Gasteiger partial charge on any atom is 0.249 e. The molecule has 2 N–H and O–H groups in total. The van der Waals surface area contributed by atoms with Crippen molar-refractivity contribution in [2.24, 2.45) is 0 Å². The Labute approximate surface area is 150 Å². The molecule has 122 valence electrons. The minimum absolute atomic E-state index is 0.351. The molecule has 0 unspecified atom stereocenters. The van der Waals surface area contributed by atoms with Crippen LogP contribution in [0.3, 0.4) is 0 Å². The van der Waals surface area contributed by atoms with Crippen LogP contribution >= 0.6 is 23.2 Å². The SMILES string of the molecule is Clc1cccc(Nc2nncc(NCCc3ccccc3)n2)c1Cl. The number of nitrogens with zero attached hydrogens (tertiary/aromatic N) is 3. The number of halogens is 2. The zero-order chi connectivity index (χ0) is 16.8. The lowest BCUT2D eigenvalue weighted by Crippen LogP contribution is -2.08. The van der Waals surface area contributed by atoms with Crippen LogP contribution in [0.5, 0.6) is 0 Å². The van der Waals surface area contributed by atoms with Crippen LogP contribution in [0.1, 0.15) is 5.56 Å². The Morgan fingerprint density at radius 2 is 1.79 bits per heavy atom. The van der Waals surface area contributed by atoms with Gasteiger partial charge in [0.05, 0.1) is 21.9 Å². The molecule has 0 aliphatic carbocycles. The molecule has 3 rings (SSSR count). The van der Waals surface area contributed by atoms with E-state index < -0.39 is 0 Å². The second-order valence-electron chi connectivity index (χ2n) is 5.05. The quantitative estimate of drug-likeness (QED) is 0.674. The number of rotatable bonds is 6. The first-order valence-corrected chi connectivity index (χ1v) is 8.16. The molecule has 0 bridgehead atoms. The van der Waals surface area contributed by atoms with E-state index in [1.165, 1.54) is 5.56 Å². The number of hydrogen-bond donors (Lipinski definition) is 2. The molecule has 0 atom stereocenters. The number of anilines is 3. The molecule has 0 aliphatic rings. The molecule has 7 heteroatoms. The summed E-state index contributed by atoms with van der Waals surface area (Å²) < 4.78 is 0. The van der Waals surface area contributed by atoms with Crippen molar-refractivity contribution in [1.82, 2.24) is 15.2 Å². The molecule has 3 aromatic rings. The van der Waals surface area contributed by atoms with Gasteiger partial charge in [0, 0.05) is 6.54 Å². The summed E-state index contributed by atoms with van der Waals surface area (Å²) in [5.41, 5.74) is 1.89. The van der Waals surface area contributed by atoms with Crippen LogP contribution < -0.4 is 10.6 Å². The number of benzene rings is 2. The fraction of sp³-hybridized carbons (Fsp3) is 0.118. The maximum atomic E-state index is 6.15. The van der Waals surface area contributed by atoms with Gasteiger partial charge in [-0.05, 0) is 24.1 Å². The van der Waals surface area contributed by atoms with Gasteiger partial charge in [0.2, 0.25) is 5.95 Å². The van der Waals surface area contributed by atoms with Crippen molar-refractivity contribution in [3.63, 3.8) is 0 Å². The summed E-state index contributed by atoms with van der Waals surface area (Å²) >= 11 is 12.1. The Hall–Kier alpha value is -2.37. The van der Waals surface area contributed by atoms with Gasteiger partial charge >= 0.3 is 0 Å². The summed E-state index contributed by atoms with van der Waals surface area (Å²) in [7, 11) is 0. The van der Waals surface area contributed by atoms with Gasteiger partial charge in [-0.25, -0.2) is 0 Å². The molecule has 0 saturated carbocycles. The van der Waals surface area contributed by atoms with Crippen molar-refractivity contribution in [2.75, 3.05) is 17.2 Å². The highest BCUT2D eigenvalue weighted by Crippen LogP contribution is 2.30. The minimum Gasteiger partial charge on any atom is -0.368 e. The zero-order valence-electron chi connectivity index (χ0n) is 12.7. The molecule has 1 heterocycles. The van der Waals surface area contributed by atoms with Gasteiger partial charge in [0.25, 0.3) is 0 Å². The minimum atomic E-state index is 0.351. The number of aromatic nitrogens is 3. The molecule has 0 fully saturated rings. The average molecular weight is 360 g/mol. The van der Waals surface area contributed by atoms with Crippen LogP contribution in [0.15, 0.2) is 54.7 Å². The summed E-state index contributed by atoms with van der Waals surface area (Å²) in [6.07, 6.45) is 2.48. The second kappa shape index (κ2) is 7.95. The fourth-order valence-corrected chi connectivity index (χ4v) is 2.49. The monoisotopic (exact) mass is 359 g/mol. The van der Waals surface area contributed by atoms with E-state index >= 15 is 0 Å². The van der Waals surface area contributed by atoms with E-state index in [4.69, 9.17) is 23.2 Å². The molecule has 0 spiro atoms. The molecule has 0 saturated heterocycles. The third-order valence-electron chi connectivity index (χ3n) is 3.32. The topological polar surface area (TPSA) is 62.7 Å². The summed E-state index contributed by atoms with van der Waals surface area (Å²) in [6, 6.07) is 15.6. The van der Waals surface area contributed by atoms with E-state index in [2.05, 4.69) is 37.9 Å². The largest absolute Gasteiger partial charge is 0.368 e. The Balaban J connectivity index is 1.62. The van der Waals surface area contributed by atoms with E-state index in [1.54, 1.807) is 24.4 Å². The van der Waals surface area contributed by atoms with Crippen molar-refractivity contribution < 1.29 is 0 Å². The lowest BCUT2D eigenvalue weighted by molar-refractivity contribution is 0.950. The van der Waals surface area contributed by atoms with E-state index in [1.807, 2.05) is 18.2 Å². The lowest BCUT2D eigenvalue weighted by atomic mass is 10.1. The summed E-state index contributed by atoms with van der Waals surface area (Å²) in [6.45, 7) is 0.750. The summed E-state index contributed by atoms with van der Waals surface area (Å²) in [5, 5.41) is 15.0. The molecule has 2 aromatic carbocycles. The Morgan fingerprint density at radius 1 is 0.958 bits per heavy atom. The van der Waals surface area contributed by atoms with Crippen molar-refractivity contribution in [1.29, 1.82) is 0 Å². The number of nitrogens with one attached hydrogen (secondary N) is 2. The van der Waals surface area contributed by atoms with Crippen LogP contribution in [0, 0.1) is 0 Å².